The third kappa shape index (κ3) is 1.21. The first kappa shape index (κ1) is 7.03. The second-order valence-electron chi connectivity index (χ2n) is 2.58. The molecular weight excluding hydrogens is 150 g/mol. The van der Waals surface area contributed by atoms with E-state index in [0.29, 0.717) is 0 Å². The highest BCUT2D eigenvalue weighted by Crippen LogP contribution is 2.15. The predicted molar refractivity (Wildman–Crippen MR) is 45.3 cm³/mol. The molecule has 0 spiro atoms. The van der Waals surface area contributed by atoms with Gasteiger partial charge >= 0.3 is 0 Å². The molecule has 59 valence electrons. The van der Waals surface area contributed by atoms with Gasteiger partial charge in [-0.05, 0) is 6.07 Å². The number of hydrogen-bond acceptors (Lipinski definition) is 2. The van der Waals surface area contributed by atoms with Crippen molar-refractivity contribution in [2.75, 3.05) is 0 Å². The SMILES string of the molecule is Cn1cc(-c2c[c]cnc2)cn1. The molecule has 2 aromatic rings. The van der Waals surface area contributed by atoms with E-state index in [0.717, 1.165) is 11.1 Å². The summed E-state index contributed by atoms with van der Waals surface area (Å²) in [6.45, 7) is 0. The number of aryl methyl sites for hydroxylation is 1. The van der Waals surface area contributed by atoms with Crippen molar-refractivity contribution in [2.45, 2.75) is 0 Å². The maximum absolute atomic E-state index is 4.07. The van der Waals surface area contributed by atoms with Crippen LogP contribution in [0.15, 0.2) is 30.9 Å². The molecule has 0 atom stereocenters. The number of aromatic nitrogens is 3. The third-order valence-corrected chi connectivity index (χ3v) is 1.64. The van der Waals surface area contributed by atoms with Gasteiger partial charge in [0.05, 0.1) is 6.20 Å². The molecular formula is C9H8N3. The summed E-state index contributed by atoms with van der Waals surface area (Å²) >= 11 is 0. The molecule has 1 radical (unpaired) electrons. The molecule has 0 fully saturated rings. The van der Waals surface area contributed by atoms with Crippen LogP contribution in [0.4, 0.5) is 0 Å². The molecule has 2 rings (SSSR count). The normalized spacial score (nSPS) is 10.1. The zero-order valence-corrected chi connectivity index (χ0v) is 6.73. The van der Waals surface area contributed by atoms with Crippen molar-refractivity contribution in [3.05, 3.63) is 36.9 Å². The van der Waals surface area contributed by atoms with Gasteiger partial charge in [-0.3, -0.25) is 9.67 Å². The van der Waals surface area contributed by atoms with Gasteiger partial charge in [-0.15, -0.1) is 0 Å². The molecule has 0 saturated heterocycles. The molecule has 2 heterocycles. The van der Waals surface area contributed by atoms with Crippen molar-refractivity contribution in [3.8, 4) is 11.1 Å². The molecule has 0 saturated carbocycles. The van der Waals surface area contributed by atoms with E-state index < -0.39 is 0 Å². The molecule has 0 aliphatic rings. The van der Waals surface area contributed by atoms with Crippen LogP contribution in [-0.4, -0.2) is 14.8 Å². The monoisotopic (exact) mass is 158 g/mol. The quantitative estimate of drug-likeness (QED) is 0.626. The minimum atomic E-state index is 1.05. The number of hydrogen-bond donors (Lipinski definition) is 0. The Bertz CT molecular complexity index is 364. The van der Waals surface area contributed by atoms with Crippen LogP contribution in [0.2, 0.25) is 0 Å². The molecule has 2 aromatic heterocycles. The maximum atomic E-state index is 4.07. The van der Waals surface area contributed by atoms with Gasteiger partial charge in [0.2, 0.25) is 0 Å². The molecule has 0 unspecified atom stereocenters. The minimum absolute atomic E-state index is 1.05. The topological polar surface area (TPSA) is 30.7 Å². The van der Waals surface area contributed by atoms with Crippen molar-refractivity contribution in [1.29, 1.82) is 0 Å². The second kappa shape index (κ2) is 2.77. The Morgan fingerprint density at radius 1 is 1.33 bits per heavy atom. The zero-order chi connectivity index (χ0) is 8.39. The summed E-state index contributed by atoms with van der Waals surface area (Å²) in [4.78, 5) is 3.98. The van der Waals surface area contributed by atoms with Crippen molar-refractivity contribution in [1.82, 2.24) is 14.8 Å². The van der Waals surface area contributed by atoms with Crippen LogP contribution < -0.4 is 0 Å². The van der Waals surface area contributed by atoms with E-state index in [2.05, 4.69) is 16.1 Å². The number of pyridine rings is 1. The summed E-state index contributed by atoms with van der Waals surface area (Å²) in [5.74, 6) is 0. The van der Waals surface area contributed by atoms with Crippen molar-refractivity contribution in [3.63, 3.8) is 0 Å². The fourth-order valence-corrected chi connectivity index (χ4v) is 1.05. The van der Waals surface area contributed by atoms with Gasteiger partial charge in [0.1, 0.15) is 0 Å². The predicted octanol–water partition coefficient (Wildman–Crippen LogP) is 1.28. The first-order valence-electron chi connectivity index (χ1n) is 3.66. The summed E-state index contributed by atoms with van der Waals surface area (Å²) in [6, 6.07) is 4.81. The van der Waals surface area contributed by atoms with Crippen LogP contribution >= 0.6 is 0 Å². The van der Waals surface area contributed by atoms with Gasteiger partial charge in [0.15, 0.2) is 0 Å². The standard InChI is InChI=1S/C9H8N3/c1-12-7-9(6-11-12)8-3-2-4-10-5-8/h3-7H,1H3. The smallest absolute Gasteiger partial charge is 0.0568 e. The van der Waals surface area contributed by atoms with Crippen molar-refractivity contribution < 1.29 is 0 Å². The van der Waals surface area contributed by atoms with Crippen LogP contribution in [-0.2, 0) is 7.05 Å². The van der Waals surface area contributed by atoms with Gasteiger partial charge in [-0.25, -0.2) is 0 Å². The summed E-state index contributed by atoms with van der Waals surface area (Å²) in [5.41, 5.74) is 2.12. The molecule has 0 N–H and O–H groups in total. The lowest BCUT2D eigenvalue weighted by molar-refractivity contribution is 0.768. The van der Waals surface area contributed by atoms with E-state index in [9.17, 15) is 0 Å². The van der Waals surface area contributed by atoms with Crippen LogP contribution in [0.3, 0.4) is 0 Å². The van der Waals surface area contributed by atoms with Gasteiger partial charge in [-0.1, -0.05) is 0 Å². The average molecular weight is 158 g/mol. The Labute approximate surface area is 70.7 Å². The summed E-state index contributed by atoms with van der Waals surface area (Å²) in [5, 5.41) is 4.07. The highest BCUT2D eigenvalue weighted by Gasteiger charge is 1.97. The van der Waals surface area contributed by atoms with E-state index in [4.69, 9.17) is 0 Å². The van der Waals surface area contributed by atoms with Gasteiger partial charge in [0.25, 0.3) is 0 Å². The van der Waals surface area contributed by atoms with E-state index in [-0.39, 0.29) is 0 Å². The summed E-state index contributed by atoms with van der Waals surface area (Å²) < 4.78 is 1.77. The fraction of sp³-hybridized carbons (Fsp3) is 0.111. The Morgan fingerprint density at radius 3 is 2.83 bits per heavy atom. The lowest BCUT2D eigenvalue weighted by Crippen LogP contribution is -1.84. The highest BCUT2D eigenvalue weighted by molar-refractivity contribution is 5.59. The highest BCUT2D eigenvalue weighted by atomic mass is 15.2. The van der Waals surface area contributed by atoms with Crippen LogP contribution in [0.25, 0.3) is 11.1 Å². The van der Waals surface area contributed by atoms with Crippen molar-refractivity contribution >= 4 is 0 Å². The molecule has 0 bridgehead atoms. The molecule has 12 heavy (non-hydrogen) atoms. The fourth-order valence-electron chi connectivity index (χ4n) is 1.05. The maximum Gasteiger partial charge on any atom is 0.0568 e. The Morgan fingerprint density at radius 2 is 2.25 bits per heavy atom. The summed E-state index contributed by atoms with van der Waals surface area (Å²) in [6.07, 6.45) is 7.20. The molecule has 0 aliphatic carbocycles. The van der Waals surface area contributed by atoms with E-state index in [1.807, 2.05) is 25.5 Å². The van der Waals surface area contributed by atoms with Gasteiger partial charge in [-0.2, -0.15) is 5.10 Å². The Balaban J connectivity index is 2.45. The van der Waals surface area contributed by atoms with Gasteiger partial charge < -0.3 is 0 Å². The number of rotatable bonds is 1. The van der Waals surface area contributed by atoms with Crippen LogP contribution in [0.5, 0.6) is 0 Å². The molecule has 0 aromatic carbocycles. The zero-order valence-electron chi connectivity index (χ0n) is 6.73. The van der Waals surface area contributed by atoms with Gasteiger partial charge in [0, 0.05) is 42.8 Å². The summed E-state index contributed by atoms with van der Waals surface area (Å²) in [7, 11) is 1.89. The van der Waals surface area contributed by atoms with Crippen LogP contribution in [0, 0.1) is 6.07 Å². The average Bonchev–Trinajstić information content (AvgIpc) is 2.54. The lowest BCUT2D eigenvalue weighted by atomic mass is 10.2. The number of nitrogens with zero attached hydrogens (tertiary/aromatic N) is 3. The lowest BCUT2D eigenvalue weighted by Gasteiger charge is -1.92. The van der Waals surface area contributed by atoms with Crippen LogP contribution in [0.1, 0.15) is 0 Å². The van der Waals surface area contributed by atoms with Crippen molar-refractivity contribution in [2.24, 2.45) is 7.05 Å². The minimum Gasteiger partial charge on any atom is -0.275 e. The largest absolute Gasteiger partial charge is 0.275 e. The Hall–Kier alpha value is -1.64. The van der Waals surface area contributed by atoms with E-state index >= 15 is 0 Å². The Kier molecular flexibility index (Phi) is 1.63. The molecule has 3 heteroatoms. The first-order valence-corrected chi connectivity index (χ1v) is 3.66. The second-order valence-corrected chi connectivity index (χ2v) is 2.58. The molecule has 3 nitrogen and oxygen atoms in total. The molecule has 0 amide bonds. The first-order chi connectivity index (χ1) is 5.86. The molecule has 0 aliphatic heterocycles. The van der Waals surface area contributed by atoms with E-state index in [1.54, 1.807) is 17.1 Å². The third-order valence-electron chi connectivity index (χ3n) is 1.64. The van der Waals surface area contributed by atoms with E-state index in [1.165, 1.54) is 0 Å².